The van der Waals surface area contributed by atoms with Crippen molar-refractivity contribution in [1.82, 2.24) is 0 Å². The second-order valence-corrected chi connectivity index (χ2v) is 5.64. The summed E-state index contributed by atoms with van der Waals surface area (Å²) in [5, 5.41) is 10.6. The first-order chi connectivity index (χ1) is 11.7. The van der Waals surface area contributed by atoms with Crippen LogP contribution in [0.15, 0.2) is 48.5 Å². The van der Waals surface area contributed by atoms with E-state index < -0.39 is 40.6 Å². The van der Waals surface area contributed by atoms with Crippen molar-refractivity contribution >= 4 is 0 Å². The third-order valence-electron chi connectivity index (χ3n) is 3.97. The molecule has 0 heterocycles. The van der Waals surface area contributed by atoms with E-state index in [-0.39, 0.29) is 5.56 Å². The van der Waals surface area contributed by atoms with Crippen LogP contribution in [0.4, 0.5) is 35.1 Å². The van der Waals surface area contributed by atoms with Gasteiger partial charge in [0.2, 0.25) is 0 Å². The Morgan fingerprint density at radius 1 is 0.654 bits per heavy atom. The summed E-state index contributed by atoms with van der Waals surface area (Å²) >= 11 is 0. The average molecular weight is 384 g/mol. The largest absolute Gasteiger partial charge is 0.457 e. The highest BCUT2D eigenvalue weighted by molar-refractivity contribution is 5.47. The zero-order valence-electron chi connectivity index (χ0n) is 13.1. The molecule has 0 aromatic heterocycles. The van der Waals surface area contributed by atoms with Crippen LogP contribution in [0.25, 0.3) is 0 Å². The summed E-state index contributed by atoms with van der Waals surface area (Å²) in [5.41, 5.74) is -8.84. The summed E-state index contributed by atoms with van der Waals surface area (Å²) in [6, 6.07) is 6.62. The van der Waals surface area contributed by atoms with Gasteiger partial charge in [-0.05, 0) is 24.1 Å². The minimum atomic E-state index is -6.30. The monoisotopic (exact) mass is 384 g/mol. The van der Waals surface area contributed by atoms with Crippen molar-refractivity contribution in [2.75, 3.05) is 0 Å². The molecule has 142 valence electrons. The molecule has 0 spiro atoms. The lowest BCUT2D eigenvalue weighted by atomic mass is 9.76. The second-order valence-electron chi connectivity index (χ2n) is 5.64. The quantitative estimate of drug-likeness (QED) is 0.698. The van der Waals surface area contributed by atoms with Gasteiger partial charge in [-0.3, -0.25) is 0 Å². The van der Waals surface area contributed by atoms with Crippen LogP contribution < -0.4 is 0 Å². The molecule has 0 saturated heterocycles. The minimum Gasteiger partial charge on any atom is -0.374 e. The number of hydrogen-bond donors (Lipinski definition) is 1. The minimum absolute atomic E-state index is 0.226. The van der Waals surface area contributed by atoms with E-state index in [2.05, 4.69) is 0 Å². The molecule has 0 radical (unpaired) electrons. The summed E-state index contributed by atoms with van der Waals surface area (Å²) in [4.78, 5) is 0. The number of rotatable bonds is 3. The highest BCUT2D eigenvalue weighted by atomic mass is 19.4. The summed E-state index contributed by atoms with van der Waals surface area (Å²) in [7, 11) is 0. The van der Waals surface area contributed by atoms with Crippen molar-refractivity contribution < 1.29 is 40.2 Å². The molecule has 1 nitrogen and oxygen atoms in total. The molecule has 0 amide bonds. The summed E-state index contributed by atoms with van der Waals surface area (Å²) < 4.78 is 108. The van der Waals surface area contributed by atoms with E-state index >= 15 is 0 Å². The van der Waals surface area contributed by atoms with Crippen molar-refractivity contribution in [2.45, 2.75) is 30.8 Å². The molecule has 1 N–H and O–H groups in total. The molecular formula is C17H12F8O. The van der Waals surface area contributed by atoms with Crippen molar-refractivity contribution in [3.63, 3.8) is 0 Å². The second kappa shape index (κ2) is 6.22. The Bertz CT molecular complexity index is 794. The molecule has 26 heavy (non-hydrogen) atoms. The lowest BCUT2D eigenvalue weighted by molar-refractivity contribution is -0.337. The standard InChI is InChI=1S/C17H12F8O/c1-10-6-2-3-7-11(10)14(26,16(21,22)17(23,24)25)12-8-4-5-9-13(12)15(18,19)20/h2-9,26H,1H3. The van der Waals surface area contributed by atoms with Gasteiger partial charge in [-0.25, -0.2) is 0 Å². The van der Waals surface area contributed by atoms with Gasteiger partial charge >= 0.3 is 18.3 Å². The summed E-state index contributed by atoms with van der Waals surface area (Å²) in [5.74, 6) is -5.90. The summed E-state index contributed by atoms with van der Waals surface area (Å²) in [6.07, 6.45) is -11.6. The molecule has 0 aliphatic rings. The van der Waals surface area contributed by atoms with Crippen LogP contribution in [0.5, 0.6) is 0 Å². The van der Waals surface area contributed by atoms with Gasteiger partial charge in [0.05, 0.1) is 5.56 Å². The number of alkyl halides is 8. The Hall–Kier alpha value is -2.16. The Morgan fingerprint density at radius 2 is 1.08 bits per heavy atom. The SMILES string of the molecule is Cc1ccccc1C(O)(c1ccccc1C(F)(F)F)C(F)(F)C(F)(F)F. The van der Waals surface area contributed by atoms with E-state index in [0.29, 0.717) is 12.1 Å². The fourth-order valence-electron chi connectivity index (χ4n) is 2.71. The van der Waals surface area contributed by atoms with Gasteiger partial charge < -0.3 is 5.11 Å². The predicted octanol–water partition coefficient (Wildman–Crippen LogP) is 5.45. The van der Waals surface area contributed by atoms with E-state index in [1.165, 1.54) is 6.07 Å². The van der Waals surface area contributed by atoms with Crippen LogP contribution in [0.3, 0.4) is 0 Å². The van der Waals surface area contributed by atoms with Crippen LogP contribution in [0.1, 0.15) is 22.3 Å². The number of hydrogen-bond acceptors (Lipinski definition) is 1. The fourth-order valence-corrected chi connectivity index (χ4v) is 2.71. The van der Waals surface area contributed by atoms with Crippen molar-refractivity contribution in [1.29, 1.82) is 0 Å². The molecule has 2 rings (SSSR count). The molecule has 9 heteroatoms. The van der Waals surface area contributed by atoms with Crippen LogP contribution in [-0.4, -0.2) is 17.2 Å². The van der Waals surface area contributed by atoms with Gasteiger partial charge in [-0.1, -0.05) is 42.5 Å². The number of aryl methyl sites for hydroxylation is 1. The lowest BCUT2D eigenvalue weighted by Crippen LogP contribution is -2.56. The molecule has 1 atom stereocenters. The van der Waals surface area contributed by atoms with Crippen molar-refractivity contribution in [2.24, 2.45) is 0 Å². The van der Waals surface area contributed by atoms with Crippen LogP contribution in [0.2, 0.25) is 0 Å². The molecule has 0 saturated carbocycles. The molecule has 2 aromatic carbocycles. The first-order valence-corrected chi connectivity index (χ1v) is 7.14. The summed E-state index contributed by atoms with van der Waals surface area (Å²) in [6.45, 7) is 1.11. The number of benzene rings is 2. The first kappa shape index (κ1) is 20.2. The van der Waals surface area contributed by atoms with E-state index in [0.717, 1.165) is 37.3 Å². The van der Waals surface area contributed by atoms with Crippen LogP contribution in [0, 0.1) is 6.92 Å². The van der Waals surface area contributed by atoms with Crippen molar-refractivity contribution in [3.05, 3.63) is 70.8 Å². The Labute approximate surface area is 142 Å². The number of halogens is 8. The molecule has 0 fully saturated rings. The highest BCUT2D eigenvalue weighted by Crippen LogP contribution is 2.54. The van der Waals surface area contributed by atoms with Gasteiger partial charge in [-0.15, -0.1) is 0 Å². The van der Waals surface area contributed by atoms with E-state index in [4.69, 9.17) is 0 Å². The van der Waals surface area contributed by atoms with E-state index in [9.17, 15) is 40.2 Å². The maximum absolute atomic E-state index is 14.4. The molecule has 0 aliphatic carbocycles. The lowest BCUT2D eigenvalue weighted by Gasteiger charge is -2.39. The normalized spacial score (nSPS) is 15.6. The molecular weight excluding hydrogens is 372 g/mol. The fraction of sp³-hybridized carbons (Fsp3) is 0.294. The van der Waals surface area contributed by atoms with Crippen LogP contribution in [-0.2, 0) is 11.8 Å². The Balaban J connectivity index is 2.96. The topological polar surface area (TPSA) is 20.2 Å². The first-order valence-electron chi connectivity index (χ1n) is 7.14. The molecule has 2 aromatic rings. The Morgan fingerprint density at radius 3 is 1.50 bits per heavy atom. The highest BCUT2D eigenvalue weighted by Gasteiger charge is 2.72. The smallest absolute Gasteiger partial charge is 0.374 e. The van der Waals surface area contributed by atoms with Gasteiger partial charge in [0.25, 0.3) is 0 Å². The van der Waals surface area contributed by atoms with E-state index in [1.54, 1.807) is 0 Å². The third-order valence-corrected chi connectivity index (χ3v) is 3.97. The van der Waals surface area contributed by atoms with Gasteiger partial charge in [0.1, 0.15) is 0 Å². The maximum Gasteiger partial charge on any atom is 0.457 e. The van der Waals surface area contributed by atoms with Gasteiger partial charge in [0, 0.05) is 5.56 Å². The Kier molecular flexibility index (Phi) is 4.82. The maximum atomic E-state index is 14.4. The van der Waals surface area contributed by atoms with Gasteiger partial charge in [0.15, 0.2) is 5.60 Å². The zero-order chi connectivity index (χ0) is 20.0. The van der Waals surface area contributed by atoms with Crippen molar-refractivity contribution in [3.8, 4) is 0 Å². The molecule has 0 bridgehead atoms. The zero-order valence-corrected chi connectivity index (χ0v) is 13.1. The molecule has 1 unspecified atom stereocenters. The average Bonchev–Trinajstić information content (AvgIpc) is 2.52. The third kappa shape index (κ3) is 3.04. The van der Waals surface area contributed by atoms with Gasteiger partial charge in [-0.2, -0.15) is 35.1 Å². The van der Waals surface area contributed by atoms with Crippen LogP contribution >= 0.6 is 0 Å². The molecule has 0 aliphatic heterocycles. The number of aliphatic hydroxyl groups is 1. The predicted molar refractivity (Wildman–Crippen MR) is 76.6 cm³/mol. The van der Waals surface area contributed by atoms with E-state index in [1.807, 2.05) is 0 Å².